The largest absolute Gasteiger partial charge is 0.467 e. The van der Waals surface area contributed by atoms with Crippen molar-refractivity contribution >= 4 is 12.0 Å². The molecule has 1 atom stereocenters. The van der Waals surface area contributed by atoms with Gasteiger partial charge in [-0.25, -0.2) is 9.59 Å². The van der Waals surface area contributed by atoms with Crippen molar-refractivity contribution in [3.63, 3.8) is 0 Å². The molecule has 0 radical (unpaired) electrons. The summed E-state index contributed by atoms with van der Waals surface area (Å²) in [6.07, 6.45) is 3.81. The lowest BCUT2D eigenvalue weighted by Crippen LogP contribution is -2.53. The van der Waals surface area contributed by atoms with E-state index in [1.807, 2.05) is 0 Å². The van der Waals surface area contributed by atoms with Gasteiger partial charge in [0, 0.05) is 12.6 Å². The number of carbonyl (C=O) groups is 2. The number of amides is 2. The van der Waals surface area contributed by atoms with Crippen LogP contribution in [0.2, 0.25) is 0 Å². The molecule has 1 aliphatic heterocycles. The van der Waals surface area contributed by atoms with E-state index in [2.05, 4.69) is 10.1 Å². The molecule has 1 unspecified atom stereocenters. The van der Waals surface area contributed by atoms with Crippen LogP contribution in [0.1, 0.15) is 25.7 Å². The van der Waals surface area contributed by atoms with E-state index in [1.165, 1.54) is 20.0 Å². The molecule has 0 aromatic rings. The topological polar surface area (TPSA) is 67.9 Å². The zero-order valence-electron chi connectivity index (χ0n) is 10.7. The van der Waals surface area contributed by atoms with Gasteiger partial charge >= 0.3 is 12.0 Å². The smallest absolute Gasteiger partial charge is 0.336 e. The van der Waals surface area contributed by atoms with E-state index in [0.717, 1.165) is 12.8 Å². The van der Waals surface area contributed by atoms with Gasteiger partial charge in [0.1, 0.15) is 0 Å². The Hall–Kier alpha value is -1.30. The van der Waals surface area contributed by atoms with Crippen molar-refractivity contribution in [2.45, 2.75) is 37.8 Å². The average Bonchev–Trinajstić information content (AvgIpc) is 2.90. The number of nitrogens with one attached hydrogen (secondary N) is 1. The number of hydrogen-bond acceptors (Lipinski definition) is 4. The molecule has 1 saturated carbocycles. The summed E-state index contributed by atoms with van der Waals surface area (Å²) in [6.45, 7) is 1.16. The molecule has 2 rings (SSSR count). The van der Waals surface area contributed by atoms with Crippen molar-refractivity contribution in [2.75, 3.05) is 26.8 Å². The maximum Gasteiger partial charge on any atom is 0.336 e. The van der Waals surface area contributed by atoms with Gasteiger partial charge in [-0.05, 0) is 12.8 Å². The third-order valence-corrected chi connectivity index (χ3v) is 3.50. The standard InChI is InChI=1S/C12H20N2O4/c1-17-11(15)10-8-14(6-7-18-10)12(16)13-9-4-2-3-5-9/h9-10H,2-8H2,1H3,(H,13,16). The minimum absolute atomic E-state index is 0.0981. The molecule has 2 aliphatic rings. The molecule has 1 heterocycles. The first-order valence-electron chi connectivity index (χ1n) is 6.45. The van der Waals surface area contributed by atoms with Gasteiger partial charge in [-0.2, -0.15) is 0 Å². The number of ether oxygens (including phenoxy) is 2. The van der Waals surface area contributed by atoms with E-state index in [4.69, 9.17) is 4.74 Å². The van der Waals surface area contributed by atoms with Crippen molar-refractivity contribution in [1.82, 2.24) is 10.2 Å². The first kappa shape index (κ1) is 13.1. The molecule has 6 nitrogen and oxygen atoms in total. The maximum absolute atomic E-state index is 12.0. The minimum Gasteiger partial charge on any atom is -0.467 e. The Morgan fingerprint density at radius 3 is 2.72 bits per heavy atom. The van der Waals surface area contributed by atoms with Gasteiger partial charge in [0.15, 0.2) is 6.10 Å². The van der Waals surface area contributed by atoms with E-state index in [1.54, 1.807) is 4.90 Å². The van der Waals surface area contributed by atoms with E-state index in [9.17, 15) is 9.59 Å². The average molecular weight is 256 g/mol. The Labute approximate surface area is 107 Å². The van der Waals surface area contributed by atoms with Gasteiger partial charge in [-0.3, -0.25) is 0 Å². The maximum atomic E-state index is 12.0. The van der Waals surface area contributed by atoms with Crippen LogP contribution in [0.5, 0.6) is 0 Å². The van der Waals surface area contributed by atoms with Gasteiger partial charge < -0.3 is 19.7 Å². The molecule has 2 amide bonds. The van der Waals surface area contributed by atoms with Gasteiger partial charge in [0.2, 0.25) is 0 Å². The molecule has 0 spiro atoms. The minimum atomic E-state index is -0.655. The highest BCUT2D eigenvalue weighted by atomic mass is 16.6. The lowest BCUT2D eigenvalue weighted by atomic mass is 10.2. The van der Waals surface area contributed by atoms with Gasteiger partial charge in [-0.15, -0.1) is 0 Å². The summed E-state index contributed by atoms with van der Waals surface area (Å²) in [5.41, 5.74) is 0. The molecule has 0 bridgehead atoms. The van der Waals surface area contributed by atoms with Crippen molar-refractivity contribution in [2.24, 2.45) is 0 Å². The van der Waals surface area contributed by atoms with Crippen LogP contribution in [0.3, 0.4) is 0 Å². The molecular weight excluding hydrogens is 236 g/mol. The zero-order chi connectivity index (χ0) is 13.0. The highest BCUT2D eigenvalue weighted by molar-refractivity contribution is 5.78. The summed E-state index contributed by atoms with van der Waals surface area (Å²) in [5, 5.41) is 3.01. The molecule has 1 saturated heterocycles. The van der Waals surface area contributed by atoms with Gasteiger partial charge in [0.25, 0.3) is 0 Å². The third-order valence-electron chi connectivity index (χ3n) is 3.50. The lowest BCUT2D eigenvalue weighted by molar-refractivity contribution is -0.158. The number of methoxy groups -OCH3 is 1. The molecule has 102 valence electrons. The van der Waals surface area contributed by atoms with Crippen LogP contribution >= 0.6 is 0 Å². The quantitative estimate of drug-likeness (QED) is 0.731. The SMILES string of the molecule is COC(=O)C1CN(C(=O)NC2CCCC2)CCO1. The second kappa shape index (κ2) is 6.04. The summed E-state index contributed by atoms with van der Waals surface area (Å²) in [5.74, 6) is -0.423. The predicted octanol–water partition coefficient (Wildman–Crippen LogP) is 0.512. The number of hydrogen-bond donors (Lipinski definition) is 1. The van der Waals surface area contributed by atoms with Crippen LogP contribution < -0.4 is 5.32 Å². The number of carbonyl (C=O) groups excluding carboxylic acids is 2. The summed E-state index contributed by atoms with van der Waals surface area (Å²) in [6, 6.07) is 0.191. The fourth-order valence-electron chi connectivity index (χ4n) is 2.44. The first-order valence-corrected chi connectivity index (χ1v) is 6.45. The second-order valence-electron chi connectivity index (χ2n) is 4.76. The molecule has 1 N–H and O–H groups in total. The number of nitrogens with zero attached hydrogens (tertiary/aromatic N) is 1. The highest BCUT2D eigenvalue weighted by Crippen LogP contribution is 2.18. The number of esters is 1. The fraction of sp³-hybridized carbons (Fsp3) is 0.833. The third kappa shape index (κ3) is 3.13. The Morgan fingerprint density at radius 1 is 1.33 bits per heavy atom. The van der Waals surface area contributed by atoms with Crippen LogP contribution in [0.4, 0.5) is 4.79 Å². The van der Waals surface area contributed by atoms with Crippen molar-refractivity contribution in [3.8, 4) is 0 Å². The monoisotopic (exact) mass is 256 g/mol. The number of rotatable bonds is 2. The molecule has 6 heteroatoms. The first-order chi connectivity index (χ1) is 8.70. The highest BCUT2D eigenvalue weighted by Gasteiger charge is 2.30. The molecule has 2 fully saturated rings. The summed E-state index contributed by atoms with van der Waals surface area (Å²) in [4.78, 5) is 25.0. The van der Waals surface area contributed by atoms with Crippen molar-refractivity contribution < 1.29 is 19.1 Å². The Bertz CT molecular complexity index is 315. The van der Waals surface area contributed by atoms with E-state index < -0.39 is 12.1 Å². The number of morpholine rings is 1. The summed E-state index contributed by atoms with van der Waals surface area (Å²) in [7, 11) is 1.32. The molecule has 18 heavy (non-hydrogen) atoms. The molecule has 0 aromatic carbocycles. The van der Waals surface area contributed by atoms with Crippen LogP contribution in [0.15, 0.2) is 0 Å². The normalized spacial score (nSPS) is 24.9. The van der Waals surface area contributed by atoms with E-state index in [0.29, 0.717) is 13.2 Å². The van der Waals surface area contributed by atoms with Crippen molar-refractivity contribution in [1.29, 1.82) is 0 Å². The van der Waals surface area contributed by atoms with E-state index >= 15 is 0 Å². The second-order valence-corrected chi connectivity index (χ2v) is 4.76. The predicted molar refractivity (Wildman–Crippen MR) is 64.1 cm³/mol. The van der Waals surface area contributed by atoms with Crippen LogP contribution in [-0.4, -0.2) is 55.9 Å². The lowest BCUT2D eigenvalue weighted by Gasteiger charge is -2.32. The van der Waals surface area contributed by atoms with Crippen LogP contribution in [0.25, 0.3) is 0 Å². The Balaban J connectivity index is 1.83. The zero-order valence-corrected chi connectivity index (χ0v) is 10.7. The molecule has 0 aromatic heterocycles. The van der Waals surface area contributed by atoms with Crippen LogP contribution in [-0.2, 0) is 14.3 Å². The van der Waals surface area contributed by atoms with Crippen LogP contribution in [0, 0.1) is 0 Å². The summed E-state index contributed by atoms with van der Waals surface area (Å²) < 4.78 is 9.91. The van der Waals surface area contributed by atoms with E-state index in [-0.39, 0.29) is 18.6 Å². The van der Waals surface area contributed by atoms with Gasteiger partial charge in [-0.1, -0.05) is 12.8 Å². The molecular formula is C12H20N2O4. The summed E-state index contributed by atoms with van der Waals surface area (Å²) >= 11 is 0. The number of urea groups is 1. The van der Waals surface area contributed by atoms with Gasteiger partial charge in [0.05, 0.1) is 20.3 Å². The fourth-order valence-corrected chi connectivity index (χ4v) is 2.44. The molecule has 1 aliphatic carbocycles. The Morgan fingerprint density at radius 2 is 2.06 bits per heavy atom. The Kier molecular flexibility index (Phi) is 4.41. The van der Waals surface area contributed by atoms with Crippen molar-refractivity contribution in [3.05, 3.63) is 0 Å².